The second-order valence-electron chi connectivity index (χ2n) is 2.85. The molecule has 0 saturated carbocycles. The zero-order chi connectivity index (χ0) is 11.7. The van der Waals surface area contributed by atoms with Crippen LogP contribution in [0.25, 0.3) is 10.8 Å². The van der Waals surface area contributed by atoms with Gasteiger partial charge in [0.2, 0.25) is 0 Å². The Morgan fingerprint density at radius 1 is 0.867 bits per heavy atom. The number of terminal acetylenes is 1. The molecule has 0 saturated heterocycles. The zero-order valence-electron chi connectivity index (χ0n) is 9.11. The van der Waals surface area contributed by atoms with Crippen molar-refractivity contribution in [2.75, 3.05) is 0 Å². The Kier molecular flexibility index (Phi) is 6.42. The quantitative estimate of drug-likeness (QED) is 0.437. The summed E-state index contributed by atoms with van der Waals surface area (Å²) in [5.74, 6) is 0. The fourth-order valence-corrected chi connectivity index (χ4v) is 1.31. The van der Waals surface area contributed by atoms with Crippen LogP contribution in [0.4, 0.5) is 0 Å². The lowest BCUT2D eigenvalue weighted by Gasteiger charge is -1.96. The first-order chi connectivity index (χ1) is 7.36. The maximum Gasteiger partial charge on any atom is -0.0181 e. The van der Waals surface area contributed by atoms with Crippen LogP contribution in [0, 0.1) is 19.8 Å². The van der Waals surface area contributed by atoms with Crippen molar-refractivity contribution in [3.63, 3.8) is 0 Å². The first-order valence-corrected chi connectivity index (χ1v) is 4.65. The second-order valence-corrected chi connectivity index (χ2v) is 2.85. The molecule has 0 heteroatoms. The lowest BCUT2D eigenvalue weighted by molar-refractivity contribution is 1.51. The zero-order valence-corrected chi connectivity index (χ0v) is 9.11. The molecule has 0 nitrogen and oxygen atoms in total. The average molecular weight is 196 g/mol. The molecule has 76 valence electrons. The van der Waals surface area contributed by atoms with Gasteiger partial charge in [-0.25, -0.2) is 0 Å². The molecular weight excluding hydrogens is 180 g/mol. The Labute approximate surface area is 92.3 Å². The highest BCUT2D eigenvalue weighted by molar-refractivity contribution is 5.82. The molecule has 0 atom stereocenters. The maximum atomic E-state index is 4.00. The van der Waals surface area contributed by atoms with Crippen LogP contribution in [-0.2, 0) is 0 Å². The molecule has 0 unspecified atom stereocenters. The van der Waals surface area contributed by atoms with Gasteiger partial charge in [0.05, 0.1) is 0 Å². The van der Waals surface area contributed by atoms with Gasteiger partial charge in [-0.15, -0.1) is 26.0 Å². The summed E-state index contributed by atoms with van der Waals surface area (Å²) in [7, 11) is 0. The summed E-state index contributed by atoms with van der Waals surface area (Å²) in [5, 5.41) is 2.64. The van der Waals surface area contributed by atoms with Gasteiger partial charge in [-0.05, 0) is 17.7 Å². The fourth-order valence-electron chi connectivity index (χ4n) is 1.31. The maximum absolute atomic E-state index is 4.00. The van der Waals surface area contributed by atoms with Gasteiger partial charge >= 0.3 is 0 Å². The Morgan fingerprint density at radius 3 is 2.00 bits per heavy atom. The van der Waals surface area contributed by atoms with Crippen LogP contribution in [0.2, 0.25) is 0 Å². The number of fused-ring (bicyclic) bond motifs is 1. The molecule has 0 bridgehead atoms. The summed E-state index contributed by atoms with van der Waals surface area (Å²) in [6.45, 7) is 8.12. The lowest BCUT2D eigenvalue weighted by Crippen LogP contribution is -1.73. The third-order valence-electron chi connectivity index (χ3n) is 1.90. The van der Waals surface area contributed by atoms with Crippen molar-refractivity contribution < 1.29 is 0 Å². The van der Waals surface area contributed by atoms with Crippen molar-refractivity contribution in [3.05, 3.63) is 61.2 Å². The normalized spacial score (nSPS) is 7.93. The summed E-state index contributed by atoms with van der Waals surface area (Å²) in [5.41, 5.74) is 1.32. The number of rotatable bonds is 0. The fraction of sp³-hybridized carbons (Fsp3) is 0.0667. The molecule has 0 radical (unpaired) electrons. The highest BCUT2D eigenvalue weighted by atomic mass is 13.9. The van der Waals surface area contributed by atoms with Crippen LogP contribution in [0.1, 0.15) is 5.56 Å². The minimum absolute atomic E-state index is 1.32. The van der Waals surface area contributed by atoms with Gasteiger partial charge in [0.25, 0.3) is 0 Å². The van der Waals surface area contributed by atoms with Crippen molar-refractivity contribution in [1.82, 2.24) is 0 Å². The van der Waals surface area contributed by atoms with E-state index >= 15 is 0 Å². The van der Waals surface area contributed by atoms with Crippen LogP contribution >= 0.6 is 0 Å². The second kappa shape index (κ2) is 7.41. The van der Waals surface area contributed by atoms with Crippen LogP contribution in [0.3, 0.4) is 0 Å². The van der Waals surface area contributed by atoms with Crippen molar-refractivity contribution >= 4 is 10.8 Å². The van der Waals surface area contributed by atoms with Crippen molar-refractivity contribution in [2.45, 2.75) is 6.92 Å². The van der Waals surface area contributed by atoms with Gasteiger partial charge in [0.15, 0.2) is 0 Å². The Bertz CT molecular complexity index is 424. The highest BCUT2D eigenvalue weighted by Crippen LogP contribution is 2.14. The minimum atomic E-state index is 1.32. The summed E-state index contributed by atoms with van der Waals surface area (Å²) >= 11 is 0. The van der Waals surface area contributed by atoms with Crippen molar-refractivity contribution in [1.29, 1.82) is 0 Å². The first-order valence-electron chi connectivity index (χ1n) is 4.65. The van der Waals surface area contributed by atoms with E-state index in [0.717, 1.165) is 0 Å². The Morgan fingerprint density at radius 2 is 1.40 bits per heavy atom. The van der Waals surface area contributed by atoms with Gasteiger partial charge in [-0.3, -0.25) is 0 Å². The van der Waals surface area contributed by atoms with Crippen LogP contribution in [-0.4, -0.2) is 0 Å². The number of hydrogen-bond acceptors (Lipinski definition) is 0. The molecule has 15 heavy (non-hydrogen) atoms. The summed E-state index contributed by atoms with van der Waals surface area (Å²) in [4.78, 5) is 0. The largest absolute Gasteiger partial charge is 0.124 e. The molecule has 2 aromatic rings. The molecule has 0 aromatic heterocycles. The molecule has 0 amide bonds. The Hall–Kier alpha value is -2.00. The monoisotopic (exact) mass is 196 g/mol. The number of aryl methyl sites for hydroxylation is 1. The van der Waals surface area contributed by atoms with E-state index in [0.29, 0.717) is 0 Å². The summed E-state index contributed by atoms with van der Waals surface area (Å²) in [6, 6.07) is 14.9. The van der Waals surface area contributed by atoms with Gasteiger partial charge in [0, 0.05) is 0 Å². The first kappa shape index (κ1) is 13.0. The van der Waals surface area contributed by atoms with Crippen LogP contribution in [0.15, 0.2) is 55.6 Å². The molecular formula is C15H16. The van der Waals surface area contributed by atoms with E-state index < -0.39 is 0 Å². The third-order valence-corrected chi connectivity index (χ3v) is 1.90. The van der Waals surface area contributed by atoms with E-state index in [1.807, 2.05) is 0 Å². The molecule has 0 aliphatic heterocycles. The number of hydrogen-bond donors (Lipinski definition) is 0. The van der Waals surface area contributed by atoms with E-state index in [2.05, 4.69) is 75.4 Å². The van der Waals surface area contributed by atoms with Crippen LogP contribution in [0.5, 0.6) is 0 Å². The molecule has 2 rings (SSSR count). The van der Waals surface area contributed by atoms with Gasteiger partial charge in [-0.2, -0.15) is 0 Å². The topological polar surface area (TPSA) is 0 Å². The summed E-state index contributed by atoms with van der Waals surface area (Å²) < 4.78 is 0. The highest BCUT2D eigenvalue weighted by Gasteiger charge is 1.89. The van der Waals surface area contributed by atoms with E-state index in [1.54, 1.807) is 0 Å². The molecule has 0 aliphatic rings. The molecule has 2 aromatic carbocycles. The van der Waals surface area contributed by atoms with Crippen molar-refractivity contribution in [2.24, 2.45) is 0 Å². The molecule has 0 aliphatic carbocycles. The lowest BCUT2D eigenvalue weighted by atomic mass is 10.1. The third kappa shape index (κ3) is 3.70. The van der Waals surface area contributed by atoms with Gasteiger partial charge in [-0.1, -0.05) is 48.0 Å². The van der Waals surface area contributed by atoms with E-state index in [4.69, 9.17) is 0 Å². The van der Waals surface area contributed by atoms with E-state index in [1.165, 1.54) is 16.3 Å². The molecule has 0 spiro atoms. The number of benzene rings is 2. The van der Waals surface area contributed by atoms with Gasteiger partial charge in [0.1, 0.15) is 0 Å². The standard InChI is InChI=1S/C11H10.C2H4.C2H2/c1-9-6-7-10-4-2-3-5-11(10)8-9;2*1-2/h2-8H,1H3;1-2H2;1-2H. The molecule has 0 heterocycles. The van der Waals surface area contributed by atoms with E-state index in [-0.39, 0.29) is 0 Å². The summed E-state index contributed by atoms with van der Waals surface area (Å²) in [6.07, 6.45) is 8.00. The molecule has 0 N–H and O–H groups in total. The smallest absolute Gasteiger partial charge is 0.0181 e. The van der Waals surface area contributed by atoms with Crippen molar-refractivity contribution in [3.8, 4) is 12.8 Å². The SMILES string of the molecule is C#C.C=C.Cc1ccc2ccccc2c1. The van der Waals surface area contributed by atoms with E-state index in [9.17, 15) is 0 Å². The predicted octanol–water partition coefficient (Wildman–Crippen LogP) is 4.20. The van der Waals surface area contributed by atoms with Gasteiger partial charge < -0.3 is 0 Å². The predicted molar refractivity (Wildman–Crippen MR) is 69.8 cm³/mol. The Balaban J connectivity index is 0.000000442. The molecule has 0 fully saturated rings. The van der Waals surface area contributed by atoms with Crippen LogP contribution < -0.4 is 0 Å². The minimum Gasteiger partial charge on any atom is -0.124 e. The average Bonchev–Trinajstić information content (AvgIpc) is 2.34.